The first-order valence-corrected chi connectivity index (χ1v) is 5.63. The zero-order valence-corrected chi connectivity index (χ0v) is 9.58. The van der Waals surface area contributed by atoms with Crippen molar-refractivity contribution in [3.05, 3.63) is 0 Å². The predicted molar refractivity (Wildman–Crippen MR) is 59.1 cm³/mol. The zero-order chi connectivity index (χ0) is 9.66. The molecule has 0 atom stereocenters. The van der Waals surface area contributed by atoms with Crippen molar-refractivity contribution in [2.45, 2.75) is 46.5 Å². The van der Waals surface area contributed by atoms with Gasteiger partial charge in [-0.05, 0) is 32.4 Å². The predicted octanol–water partition coefficient (Wildman–Crippen LogP) is 3.42. The van der Waals surface area contributed by atoms with E-state index in [0.29, 0.717) is 0 Å². The highest BCUT2D eigenvalue weighted by Gasteiger charge is 1.76. The van der Waals surface area contributed by atoms with Crippen molar-refractivity contribution < 1.29 is 0 Å². The van der Waals surface area contributed by atoms with Crippen LogP contribution in [0, 0.1) is 0 Å². The Morgan fingerprint density at radius 3 is 1.58 bits per heavy atom. The third-order valence-corrected chi connectivity index (χ3v) is 1.61. The molecular formula is C10H24ClN. The standard InChI is InChI=1S/C6H15N.C4H9Cl/c1-3-5-7-6-4-2;1-2-3-4-5/h7H,3-6H2,1-2H3;2-4H2,1H3. The Morgan fingerprint density at radius 2 is 1.42 bits per heavy atom. The SMILES string of the molecule is CCCCCl.CCCNCCC. The lowest BCUT2D eigenvalue weighted by molar-refractivity contribution is 0.662. The van der Waals surface area contributed by atoms with Gasteiger partial charge in [0, 0.05) is 5.88 Å². The largest absolute Gasteiger partial charge is 0.317 e. The summed E-state index contributed by atoms with van der Waals surface area (Å²) in [5.74, 6) is 0.816. The van der Waals surface area contributed by atoms with Gasteiger partial charge >= 0.3 is 0 Å². The van der Waals surface area contributed by atoms with Crippen LogP contribution in [0.25, 0.3) is 0 Å². The minimum Gasteiger partial charge on any atom is -0.317 e. The second kappa shape index (κ2) is 17.4. The molecule has 0 unspecified atom stereocenters. The van der Waals surface area contributed by atoms with Crippen LogP contribution in [0.2, 0.25) is 0 Å². The molecule has 12 heavy (non-hydrogen) atoms. The van der Waals surface area contributed by atoms with Crippen molar-refractivity contribution >= 4 is 11.6 Å². The van der Waals surface area contributed by atoms with E-state index in [-0.39, 0.29) is 0 Å². The van der Waals surface area contributed by atoms with Crippen LogP contribution >= 0.6 is 11.6 Å². The maximum absolute atomic E-state index is 5.30. The van der Waals surface area contributed by atoms with Crippen LogP contribution in [0.3, 0.4) is 0 Å². The summed E-state index contributed by atoms with van der Waals surface area (Å²) in [6.45, 7) is 8.84. The average molecular weight is 194 g/mol. The van der Waals surface area contributed by atoms with E-state index in [1.54, 1.807) is 0 Å². The second-order valence-corrected chi connectivity index (χ2v) is 3.17. The highest BCUT2D eigenvalue weighted by Crippen LogP contribution is 1.86. The summed E-state index contributed by atoms with van der Waals surface area (Å²) >= 11 is 5.30. The number of hydrogen-bond acceptors (Lipinski definition) is 1. The van der Waals surface area contributed by atoms with Crippen molar-refractivity contribution in [2.24, 2.45) is 0 Å². The Hall–Kier alpha value is 0.250. The van der Waals surface area contributed by atoms with Gasteiger partial charge in [-0.2, -0.15) is 0 Å². The Kier molecular flexibility index (Phi) is 21.4. The number of halogens is 1. The fraction of sp³-hybridized carbons (Fsp3) is 1.00. The van der Waals surface area contributed by atoms with Gasteiger partial charge in [-0.25, -0.2) is 0 Å². The van der Waals surface area contributed by atoms with E-state index in [1.807, 2.05) is 0 Å². The quantitative estimate of drug-likeness (QED) is 0.504. The molecule has 1 nitrogen and oxygen atoms in total. The minimum absolute atomic E-state index is 0.816. The lowest BCUT2D eigenvalue weighted by Crippen LogP contribution is -2.14. The summed E-state index contributed by atoms with van der Waals surface area (Å²) in [4.78, 5) is 0. The first-order valence-electron chi connectivity index (χ1n) is 5.10. The maximum Gasteiger partial charge on any atom is 0.0223 e. The van der Waals surface area contributed by atoms with Crippen LogP contribution < -0.4 is 5.32 Å². The fourth-order valence-electron chi connectivity index (χ4n) is 0.612. The molecule has 0 aromatic heterocycles. The van der Waals surface area contributed by atoms with E-state index in [1.165, 1.54) is 32.4 Å². The van der Waals surface area contributed by atoms with Gasteiger partial charge in [0.25, 0.3) is 0 Å². The molecule has 0 bridgehead atoms. The fourth-order valence-corrected chi connectivity index (χ4v) is 0.879. The third-order valence-electron chi connectivity index (χ3n) is 1.34. The van der Waals surface area contributed by atoms with Gasteiger partial charge < -0.3 is 5.32 Å². The van der Waals surface area contributed by atoms with Crippen LogP contribution in [0.5, 0.6) is 0 Å². The van der Waals surface area contributed by atoms with Gasteiger partial charge in [0.05, 0.1) is 0 Å². The summed E-state index contributed by atoms with van der Waals surface area (Å²) in [6.07, 6.45) is 4.87. The van der Waals surface area contributed by atoms with Crippen LogP contribution in [0.15, 0.2) is 0 Å². The highest BCUT2D eigenvalue weighted by atomic mass is 35.5. The molecule has 0 rings (SSSR count). The van der Waals surface area contributed by atoms with Crippen molar-refractivity contribution in [3.8, 4) is 0 Å². The molecule has 0 aromatic carbocycles. The molecule has 0 heterocycles. The Bertz CT molecular complexity index is 51.8. The number of alkyl halides is 1. The van der Waals surface area contributed by atoms with Crippen LogP contribution in [-0.2, 0) is 0 Å². The molecule has 0 fully saturated rings. The normalized spacial score (nSPS) is 9.00. The number of unbranched alkanes of at least 4 members (excludes halogenated alkanes) is 1. The molecule has 0 radical (unpaired) electrons. The van der Waals surface area contributed by atoms with Crippen molar-refractivity contribution in [1.29, 1.82) is 0 Å². The number of hydrogen-bond donors (Lipinski definition) is 1. The van der Waals surface area contributed by atoms with E-state index in [4.69, 9.17) is 11.6 Å². The Labute approximate surface area is 82.9 Å². The summed E-state index contributed by atoms with van der Waals surface area (Å²) in [6, 6.07) is 0. The molecule has 0 saturated carbocycles. The van der Waals surface area contributed by atoms with Gasteiger partial charge in [0.15, 0.2) is 0 Å². The zero-order valence-electron chi connectivity index (χ0n) is 8.83. The average Bonchev–Trinajstić information content (AvgIpc) is 2.08. The van der Waals surface area contributed by atoms with Crippen molar-refractivity contribution in [2.75, 3.05) is 19.0 Å². The highest BCUT2D eigenvalue weighted by molar-refractivity contribution is 6.17. The molecule has 1 N–H and O–H groups in total. The molecule has 0 aromatic rings. The van der Waals surface area contributed by atoms with Gasteiger partial charge in [-0.15, -0.1) is 11.6 Å². The molecule has 0 aliphatic rings. The van der Waals surface area contributed by atoms with Gasteiger partial charge in [0.2, 0.25) is 0 Å². The van der Waals surface area contributed by atoms with Crippen LogP contribution in [0.4, 0.5) is 0 Å². The molecule has 2 heteroatoms. The number of nitrogens with one attached hydrogen (secondary N) is 1. The first-order chi connectivity index (χ1) is 5.83. The van der Waals surface area contributed by atoms with Gasteiger partial charge in [-0.3, -0.25) is 0 Å². The smallest absolute Gasteiger partial charge is 0.0223 e. The van der Waals surface area contributed by atoms with Crippen molar-refractivity contribution in [3.63, 3.8) is 0 Å². The number of rotatable bonds is 6. The monoisotopic (exact) mass is 193 g/mol. The van der Waals surface area contributed by atoms with E-state index in [0.717, 1.165) is 12.3 Å². The molecule has 0 aliphatic heterocycles. The molecular weight excluding hydrogens is 170 g/mol. The van der Waals surface area contributed by atoms with E-state index >= 15 is 0 Å². The topological polar surface area (TPSA) is 12.0 Å². The molecule has 0 aliphatic carbocycles. The lowest BCUT2D eigenvalue weighted by atomic mass is 10.4. The molecule has 76 valence electrons. The van der Waals surface area contributed by atoms with Crippen molar-refractivity contribution in [1.82, 2.24) is 5.32 Å². The molecule has 0 spiro atoms. The van der Waals surface area contributed by atoms with Gasteiger partial charge in [0.1, 0.15) is 0 Å². The lowest BCUT2D eigenvalue weighted by Gasteiger charge is -1.95. The Balaban J connectivity index is 0. The summed E-state index contributed by atoms with van der Waals surface area (Å²) in [7, 11) is 0. The summed E-state index contributed by atoms with van der Waals surface area (Å²) in [5, 5.41) is 3.28. The summed E-state index contributed by atoms with van der Waals surface area (Å²) < 4.78 is 0. The van der Waals surface area contributed by atoms with Gasteiger partial charge in [-0.1, -0.05) is 27.2 Å². The van der Waals surface area contributed by atoms with E-state index in [9.17, 15) is 0 Å². The van der Waals surface area contributed by atoms with Crippen LogP contribution in [0.1, 0.15) is 46.5 Å². The second-order valence-electron chi connectivity index (χ2n) is 2.79. The molecule has 0 amide bonds. The first kappa shape index (κ1) is 14.8. The maximum atomic E-state index is 5.30. The van der Waals surface area contributed by atoms with E-state index < -0.39 is 0 Å². The Morgan fingerprint density at radius 1 is 0.917 bits per heavy atom. The summed E-state index contributed by atoms with van der Waals surface area (Å²) in [5.41, 5.74) is 0. The van der Waals surface area contributed by atoms with E-state index in [2.05, 4.69) is 26.1 Å². The van der Waals surface area contributed by atoms with Crippen LogP contribution in [-0.4, -0.2) is 19.0 Å². The third kappa shape index (κ3) is 22.5. The minimum atomic E-state index is 0.816. The molecule has 0 saturated heterocycles.